The first-order chi connectivity index (χ1) is 15.3. The molecule has 0 atom stereocenters. The molecule has 1 heterocycles. The average Bonchev–Trinajstić information content (AvgIpc) is 2.72. The summed E-state index contributed by atoms with van der Waals surface area (Å²) in [5, 5.41) is 2.23. The molecule has 166 valence electrons. The zero-order chi connectivity index (χ0) is 23.4. The Bertz CT molecular complexity index is 1140. The predicted molar refractivity (Wildman–Crippen MR) is 129 cm³/mol. The molecule has 3 rings (SSSR count). The molecule has 2 aromatic rings. The minimum Gasteiger partial charge on any atom is -0.490 e. The maximum Gasteiger partial charge on any atom is 0.335 e. The summed E-state index contributed by atoms with van der Waals surface area (Å²) in [5.74, 6) is -0.566. The molecule has 32 heavy (non-hydrogen) atoms. The quantitative estimate of drug-likeness (QED) is 0.286. The Morgan fingerprint density at radius 1 is 1.12 bits per heavy atom. The fourth-order valence-electron chi connectivity index (χ4n) is 3.13. The highest BCUT2D eigenvalue weighted by Gasteiger charge is 2.37. The summed E-state index contributed by atoms with van der Waals surface area (Å²) in [6.07, 6.45) is 3.02. The number of carbonyl (C=O) groups excluding carboxylic acids is 3. The van der Waals surface area contributed by atoms with Crippen molar-refractivity contribution in [3.05, 3.63) is 68.6 Å². The number of aryl methyl sites for hydroxylation is 1. The van der Waals surface area contributed by atoms with Crippen LogP contribution in [0.1, 0.15) is 18.1 Å². The lowest BCUT2D eigenvalue weighted by Gasteiger charge is -2.27. The van der Waals surface area contributed by atoms with E-state index in [-0.39, 0.29) is 12.2 Å². The normalized spacial score (nSPS) is 15.1. The zero-order valence-electron chi connectivity index (χ0n) is 17.4. The van der Waals surface area contributed by atoms with Gasteiger partial charge in [-0.2, -0.15) is 0 Å². The fourth-order valence-corrected chi connectivity index (χ4v) is 4.18. The molecule has 1 aliphatic rings. The number of amides is 4. The maximum absolute atomic E-state index is 13.2. The van der Waals surface area contributed by atoms with Crippen molar-refractivity contribution in [1.82, 2.24) is 5.32 Å². The van der Waals surface area contributed by atoms with E-state index < -0.39 is 17.8 Å². The number of rotatable bonds is 7. The van der Waals surface area contributed by atoms with Gasteiger partial charge in [0.1, 0.15) is 12.2 Å². The molecule has 0 radical (unpaired) electrons. The van der Waals surface area contributed by atoms with Gasteiger partial charge in [-0.3, -0.25) is 14.9 Å². The van der Waals surface area contributed by atoms with Crippen LogP contribution in [0.15, 0.2) is 57.5 Å². The van der Waals surface area contributed by atoms with Gasteiger partial charge in [0, 0.05) is 4.47 Å². The van der Waals surface area contributed by atoms with E-state index in [0.717, 1.165) is 9.37 Å². The summed E-state index contributed by atoms with van der Waals surface area (Å²) in [6, 6.07) is 7.69. The first kappa shape index (κ1) is 23.7. The van der Waals surface area contributed by atoms with Gasteiger partial charge in [-0.05, 0) is 77.3 Å². The molecule has 1 fully saturated rings. The van der Waals surface area contributed by atoms with Crippen LogP contribution in [0.4, 0.5) is 10.5 Å². The minimum absolute atomic E-state index is 0.180. The number of ether oxygens (including phenoxy) is 2. The molecule has 0 aliphatic carbocycles. The predicted octanol–water partition coefficient (Wildman–Crippen LogP) is 5.15. The number of halogens is 2. The number of carbonyl (C=O) groups is 3. The smallest absolute Gasteiger partial charge is 0.335 e. The van der Waals surface area contributed by atoms with Gasteiger partial charge in [0.05, 0.1) is 16.8 Å². The lowest BCUT2D eigenvalue weighted by Crippen LogP contribution is -2.54. The second-order valence-electron chi connectivity index (χ2n) is 6.75. The average molecular weight is 564 g/mol. The molecule has 0 unspecified atom stereocenters. The summed E-state index contributed by atoms with van der Waals surface area (Å²) in [4.78, 5) is 39.1. The van der Waals surface area contributed by atoms with Crippen LogP contribution < -0.4 is 19.7 Å². The molecule has 4 amide bonds. The van der Waals surface area contributed by atoms with Crippen molar-refractivity contribution in [3.8, 4) is 11.5 Å². The van der Waals surface area contributed by atoms with Crippen LogP contribution in [0.5, 0.6) is 11.5 Å². The Morgan fingerprint density at radius 2 is 1.88 bits per heavy atom. The number of benzene rings is 2. The molecular weight excluding hydrogens is 544 g/mol. The second kappa shape index (κ2) is 10.1. The van der Waals surface area contributed by atoms with Gasteiger partial charge in [0.25, 0.3) is 11.8 Å². The fraction of sp³-hybridized carbons (Fsp3) is 0.174. The van der Waals surface area contributed by atoms with Crippen LogP contribution in [0.25, 0.3) is 6.08 Å². The van der Waals surface area contributed by atoms with Crippen molar-refractivity contribution in [2.75, 3.05) is 18.1 Å². The summed E-state index contributed by atoms with van der Waals surface area (Å²) in [5.41, 5.74) is 1.42. The Morgan fingerprint density at radius 3 is 2.53 bits per heavy atom. The highest BCUT2D eigenvalue weighted by molar-refractivity contribution is 9.10. The monoisotopic (exact) mass is 562 g/mol. The lowest BCUT2D eigenvalue weighted by molar-refractivity contribution is -0.122. The van der Waals surface area contributed by atoms with Gasteiger partial charge in [0.15, 0.2) is 11.5 Å². The second-order valence-corrected chi connectivity index (χ2v) is 8.52. The van der Waals surface area contributed by atoms with Crippen molar-refractivity contribution in [3.63, 3.8) is 0 Å². The van der Waals surface area contributed by atoms with Crippen LogP contribution in [-0.4, -0.2) is 31.1 Å². The minimum atomic E-state index is -0.799. The molecule has 1 aliphatic heterocycles. The SMILES string of the molecule is C=CCOc1c(Br)cc(/C=C2/C(=O)NC(=O)N(c3ccc(Br)cc3C)C2=O)cc1OCC. The Labute approximate surface area is 202 Å². The molecule has 0 saturated carbocycles. The van der Waals surface area contributed by atoms with E-state index in [9.17, 15) is 14.4 Å². The molecule has 9 heteroatoms. The van der Waals surface area contributed by atoms with E-state index in [1.165, 1.54) is 6.08 Å². The number of urea groups is 1. The van der Waals surface area contributed by atoms with Crippen molar-refractivity contribution in [2.45, 2.75) is 13.8 Å². The zero-order valence-corrected chi connectivity index (χ0v) is 20.6. The number of imide groups is 2. The molecular formula is C23H20Br2N2O5. The third kappa shape index (κ3) is 4.94. The van der Waals surface area contributed by atoms with Crippen molar-refractivity contribution < 1.29 is 23.9 Å². The number of nitrogens with zero attached hydrogens (tertiary/aromatic N) is 1. The molecule has 0 bridgehead atoms. The van der Waals surface area contributed by atoms with Gasteiger partial charge in [-0.15, -0.1) is 0 Å². The Kier molecular flexibility index (Phi) is 7.52. The first-order valence-corrected chi connectivity index (χ1v) is 11.2. The van der Waals surface area contributed by atoms with Crippen molar-refractivity contribution in [2.24, 2.45) is 0 Å². The van der Waals surface area contributed by atoms with Crippen LogP contribution in [-0.2, 0) is 9.59 Å². The molecule has 1 saturated heterocycles. The maximum atomic E-state index is 13.2. The van der Waals surface area contributed by atoms with E-state index in [0.29, 0.717) is 39.4 Å². The summed E-state index contributed by atoms with van der Waals surface area (Å²) < 4.78 is 12.7. The van der Waals surface area contributed by atoms with Gasteiger partial charge < -0.3 is 9.47 Å². The molecule has 7 nitrogen and oxygen atoms in total. The number of nitrogens with one attached hydrogen (secondary N) is 1. The van der Waals surface area contributed by atoms with E-state index in [1.54, 1.807) is 43.3 Å². The molecule has 0 spiro atoms. The van der Waals surface area contributed by atoms with E-state index in [1.807, 2.05) is 6.92 Å². The van der Waals surface area contributed by atoms with Gasteiger partial charge in [-0.25, -0.2) is 9.69 Å². The first-order valence-electron chi connectivity index (χ1n) is 9.64. The van der Waals surface area contributed by atoms with Crippen molar-refractivity contribution in [1.29, 1.82) is 0 Å². The Hall–Kier alpha value is -2.91. The van der Waals surface area contributed by atoms with Crippen LogP contribution in [0.3, 0.4) is 0 Å². The molecule has 2 aromatic carbocycles. The third-order valence-corrected chi connectivity index (χ3v) is 5.57. The van der Waals surface area contributed by atoms with E-state index in [4.69, 9.17) is 9.47 Å². The molecule has 1 N–H and O–H groups in total. The van der Waals surface area contributed by atoms with E-state index in [2.05, 4.69) is 43.8 Å². The van der Waals surface area contributed by atoms with Gasteiger partial charge in [0.2, 0.25) is 0 Å². The van der Waals surface area contributed by atoms with E-state index >= 15 is 0 Å². The summed E-state index contributed by atoms with van der Waals surface area (Å²) in [7, 11) is 0. The number of hydrogen-bond acceptors (Lipinski definition) is 5. The summed E-state index contributed by atoms with van der Waals surface area (Å²) in [6.45, 7) is 7.91. The van der Waals surface area contributed by atoms with Crippen LogP contribution in [0, 0.1) is 6.92 Å². The van der Waals surface area contributed by atoms with Crippen LogP contribution >= 0.6 is 31.9 Å². The van der Waals surface area contributed by atoms with Crippen molar-refractivity contribution >= 4 is 61.5 Å². The lowest BCUT2D eigenvalue weighted by atomic mass is 10.1. The number of anilines is 1. The molecule has 0 aromatic heterocycles. The highest BCUT2D eigenvalue weighted by Crippen LogP contribution is 2.38. The standard InChI is InChI=1S/C23H20Br2N2O5/c1-4-8-32-20-17(25)11-14(12-19(20)31-5-2)10-16-21(28)26-23(30)27(22(16)29)18-7-6-15(24)9-13(18)3/h4,6-7,9-12H,1,5,8H2,2-3H3,(H,26,28,30)/b16-10-. The topological polar surface area (TPSA) is 84.9 Å². The number of hydrogen-bond donors (Lipinski definition) is 1. The third-order valence-electron chi connectivity index (χ3n) is 4.49. The Balaban J connectivity index is 2.04. The van der Waals surface area contributed by atoms with Crippen LogP contribution in [0.2, 0.25) is 0 Å². The number of barbiturate groups is 1. The van der Waals surface area contributed by atoms with Gasteiger partial charge >= 0.3 is 6.03 Å². The van der Waals surface area contributed by atoms with Gasteiger partial charge in [-0.1, -0.05) is 28.6 Å². The highest BCUT2D eigenvalue weighted by atomic mass is 79.9. The summed E-state index contributed by atoms with van der Waals surface area (Å²) >= 11 is 6.81. The largest absolute Gasteiger partial charge is 0.490 e.